The number of anilines is 1. The van der Waals surface area contributed by atoms with Gasteiger partial charge in [0.15, 0.2) is 0 Å². The molecule has 2 N–H and O–H groups in total. The van der Waals surface area contributed by atoms with Crippen LogP contribution in [0.15, 0.2) is 54.0 Å². The van der Waals surface area contributed by atoms with Crippen LogP contribution in [0.5, 0.6) is 5.75 Å². The molecule has 1 heterocycles. The molecule has 2 aromatic carbocycles. The second kappa shape index (κ2) is 10.4. The smallest absolute Gasteiger partial charge is 0.255 e. The summed E-state index contributed by atoms with van der Waals surface area (Å²) in [4.78, 5) is 29.9. The summed E-state index contributed by atoms with van der Waals surface area (Å²) in [6.07, 6.45) is 5.83. The SMILES string of the molecule is CCOc1ccc(NC(=O)C2CCCC2)cc1C(=O)NCc1cccc(-c2nccs2)c1. The maximum absolute atomic E-state index is 13.0. The summed E-state index contributed by atoms with van der Waals surface area (Å²) >= 11 is 1.58. The highest BCUT2D eigenvalue weighted by molar-refractivity contribution is 7.13. The van der Waals surface area contributed by atoms with Gasteiger partial charge in [-0.15, -0.1) is 11.3 Å². The number of hydrogen-bond donors (Lipinski definition) is 2. The van der Waals surface area contributed by atoms with Gasteiger partial charge < -0.3 is 15.4 Å². The van der Waals surface area contributed by atoms with Gasteiger partial charge in [-0.3, -0.25) is 9.59 Å². The van der Waals surface area contributed by atoms with Gasteiger partial charge in [0.1, 0.15) is 10.8 Å². The molecule has 6 nitrogen and oxygen atoms in total. The standard InChI is InChI=1S/C25H27N3O3S/c1-2-31-22-11-10-20(28-23(29)18-7-3-4-8-18)15-21(22)24(30)27-16-17-6-5-9-19(14-17)25-26-12-13-32-25/h5-6,9-15,18H,2-4,7-8,16H2,1H3,(H,27,30)(H,28,29). The fourth-order valence-corrected chi connectivity index (χ4v) is 4.59. The number of thiazole rings is 1. The number of ether oxygens (including phenoxy) is 1. The molecule has 3 aromatic rings. The lowest BCUT2D eigenvalue weighted by atomic mass is 10.1. The largest absolute Gasteiger partial charge is 0.493 e. The highest BCUT2D eigenvalue weighted by Crippen LogP contribution is 2.28. The number of nitrogens with zero attached hydrogens (tertiary/aromatic N) is 1. The van der Waals surface area contributed by atoms with E-state index >= 15 is 0 Å². The third-order valence-electron chi connectivity index (χ3n) is 5.58. The molecule has 1 aliphatic rings. The molecule has 0 atom stereocenters. The first-order chi connectivity index (χ1) is 15.6. The van der Waals surface area contributed by atoms with Crippen molar-refractivity contribution < 1.29 is 14.3 Å². The Balaban J connectivity index is 1.46. The summed E-state index contributed by atoms with van der Waals surface area (Å²) in [6.45, 7) is 2.70. The maximum Gasteiger partial charge on any atom is 0.255 e. The normalized spacial score (nSPS) is 13.7. The van der Waals surface area contributed by atoms with Crippen LogP contribution < -0.4 is 15.4 Å². The van der Waals surface area contributed by atoms with Crippen LogP contribution in [0.2, 0.25) is 0 Å². The van der Waals surface area contributed by atoms with Crippen LogP contribution in [-0.2, 0) is 11.3 Å². The molecule has 0 unspecified atom stereocenters. The fraction of sp³-hybridized carbons (Fsp3) is 0.320. The third kappa shape index (κ3) is 5.34. The Labute approximate surface area is 192 Å². The minimum atomic E-state index is -0.245. The van der Waals surface area contributed by atoms with E-state index in [0.717, 1.165) is 41.8 Å². The molecule has 0 bridgehead atoms. The summed E-state index contributed by atoms with van der Waals surface area (Å²) < 4.78 is 5.66. The minimum Gasteiger partial charge on any atom is -0.493 e. The second-order valence-corrected chi connectivity index (χ2v) is 8.73. The quantitative estimate of drug-likeness (QED) is 0.491. The van der Waals surface area contributed by atoms with Gasteiger partial charge in [0.25, 0.3) is 5.91 Å². The molecule has 0 aliphatic heterocycles. The molecule has 32 heavy (non-hydrogen) atoms. The highest BCUT2D eigenvalue weighted by atomic mass is 32.1. The first-order valence-electron chi connectivity index (χ1n) is 11.0. The molecule has 4 rings (SSSR count). The van der Waals surface area contributed by atoms with Crippen LogP contribution in [0.4, 0.5) is 5.69 Å². The van der Waals surface area contributed by atoms with Gasteiger partial charge in [-0.25, -0.2) is 4.98 Å². The fourth-order valence-electron chi connectivity index (χ4n) is 3.96. The maximum atomic E-state index is 13.0. The zero-order chi connectivity index (χ0) is 22.3. The summed E-state index contributed by atoms with van der Waals surface area (Å²) in [5.74, 6) is 0.339. The van der Waals surface area contributed by atoms with Crippen molar-refractivity contribution in [3.05, 3.63) is 65.2 Å². The molecule has 7 heteroatoms. The van der Waals surface area contributed by atoms with Gasteiger partial charge in [0.2, 0.25) is 5.91 Å². The van der Waals surface area contributed by atoms with Gasteiger partial charge in [0.05, 0.1) is 12.2 Å². The Morgan fingerprint density at radius 1 is 1.16 bits per heavy atom. The lowest BCUT2D eigenvalue weighted by Gasteiger charge is -2.15. The summed E-state index contributed by atoms with van der Waals surface area (Å²) in [5, 5.41) is 8.83. The molecule has 1 fully saturated rings. The monoisotopic (exact) mass is 449 g/mol. The summed E-state index contributed by atoms with van der Waals surface area (Å²) in [6, 6.07) is 13.2. The topological polar surface area (TPSA) is 80.3 Å². The molecule has 2 amide bonds. The van der Waals surface area contributed by atoms with Crippen molar-refractivity contribution in [2.45, 2.75) is 39.2 Å². The molecular formula is C25H27N3O3S. The van der Waals surface area contributed by atoms with Crippen molar-refractivity contribution in [2.75, 3.05) is 11.9 Å². The van der Waals surface area contributed by atoms with Gasteiger partial charge in [-0.05, 0) is 49.6 Å². The Hall–Kier alpha value is -3.19. The number of carbonyl (C=O) groups excluding carboxylic acids is 2. The molecule has 0 radical (unpaired) electrons. The summed E-state index contributed by atoms with van der Waals surface area (Å²) in [7, 11) is 0. The lowest BCUT2D eigenvalue weighted by Crippen LogP contribution is -2.24. The molecule has 1 aliphatic carbocycles. The van der Waals surface area contributed by atoms with Crippen molar-refractivity contribution in [3.8, 4) is 16.3 Å². The number of carbonyl (C=O) groups is 2. The van der Waals surface area contributed by atoms with Gasteiger partial charge in [-0.1, -0.05) is 31.0 Å². The van der Waals surface area contributed by atoms with Gasteiger partial charge >= 0.3 is 0 Å². The van der Waals surface area contributed by atoms with E-state index in [2.05, 4.69) is 15.6 Å². The van der Waals surface area contributed by atoms with E-state index in [1.807, 2.05) is 36.6 Å². The highest BCUT2D eigenvalue weighted by Gasteiger charge is 2.23. The van der Waals surface area contributed by atoms with Gasteiger partial charge in [-0.2, -0.15) is 0 Å². The average Bonchev–Trinajstić information content (AvgIpc) is 3.53. The zero-order valence-electron chi connectivity index (χ0n) is 18.1. The van der Waals surface area contributed by atoms with Crippen LogP contribution in [-0.4, -0.2) is 23.4 Å². The minimum absolute atomic E-state index is 0.0250. The Kier molecular flexibility index (Phi) is 7.17. The average molecular weight is 450 g/mol. The predicted molar refractivity (Wildman–Crippen MR) is 127 cm³/mol. The Bertz CT molecular complexity index is 1080. The van der Waals surface area contributed by atoms with Crippen molar-refractivity contribution in [1.82, 2.24) is 10.3 Å². The molecule has 1 saturated carbocycles. The van der Waals surface area contributed by atoms with Crippen molar-refractivity contribution in [2.24, 2.45) is 5.92 Å². The molecular weight excluding hydrogens is 422 g/mol. The zero-order valence-corrected chi connectivity index (χ0v) is 18.9. The van der Waals surface area contributed by atoms with E-state index in [-0.39, 0.29) is 17.7 Å². The molecule has 0 saturated heterocycles. The second-order valence-electron chi connectivity index (χ2n) is 7.83. The number of hydrogen-bond acceptors (Lipinski definition) is 5. The van der Waals surface area contributed by atoms with E-state index in [9.17, 15) is 9.59 Å². The number of aromatic nitrogens is 1. The molecule has 0 spiro atoms. The number of nitrogens with one attached hydrogen (secondary N) is 2. The van der Waals surface area contributed by atoms with Gasteiger partial charge in [0, 0.05) is 35.3 Å². The van der Waals surface area contributed by atoms with Crippen LogP contribution in [0.1, 0.15) is 48.5 Å². The Morgan fingerprint density at radius 3 is 2.75 bits per heavy atom. The Morgan fingerprint density at radius 2 is 2.00 bits per heavy atom. The van der Waals surface area contributed by atoms with Crippen LogP contribution >= 0.6 is 11.3 Å². The first-order valence-corrected chi connectivity index (χ1v) is 11.9. The first kappa shape index (κ1) is 22.0. The molecule has 166 valence electrons. The van der Waals surface area contributed by atoms with Crippen molar-refractivity contribution in [1.29, 1.82) is 0 Å². The van der Waals surface area contributed by atoms with Crippen LogP contribution in [0.3, 0.4) is 0 Å². The number of rotatable bonds is 8. The third-order valence-corrected chi connectivity index (χ3v) is 6.40. The van der Waals surface area contributed by atoms with Crippen LogP contribution in [0, 0.1) is 5.92 Å². The number of amides is 2. The lowest BCUT2D eigenvalue weighted by molar-refractivity contribution is -0.119. The van der Waals surface area contributed by atoms with Crippen molar-refractivity contribution in [3.63, 3.8) is 0 Å². The van der Waals surface area contributed by atoms with E-state index in [1.165, 1.54) is 0 Å². The van der Waals surface area contributed by atoms with Crippen LogP contribution in [0.25, 0.3) is 10.6 Å². The predicted octanol–water partition coefficient (Wildman–Crippen LogP) is 5.27. The van der Waals surface area contributed by atoms with E-state index < -0.39 is 0 Å². The van der Waals surface area contributed by atoms with E-state index in [1.54, 1.807) is 35.7 Å². The number of benzene rings is 2. The molecule has 1 aromatic heterocycles. The van der Waals surface area contributed by atoms with E-state index in [4.69, 9.17) is 4.74 Å². The summed E-state index contributed by atoms with van der Waals surface area (Å²) in [5.41, 5.74) is 3.03. The van der Waals surface area contributed by atoms with E-state index in [0.29, 0.717) is 30.2 Å². The van der Waals surface area contributed by atoms with Crippen molar-refractivity contribution >= 4 is 28.8 Å².